The Morgan fingerprint density at radius 1 is 0.328 bits per heavy atom. The van der Waals surface area contributed by atoms with E-state index in [9.17, 15) is 0 Å². The molecule has 2 heteroatoms. The maximum absolute atomic E-state index is 2.49. The number of hydrogen-bond acceptors (Lipinski definition) is 2. The fourth-order valence-corrected chi connectivity index (χ4v) is 11.1. The van der Waals surface area contributed by atoms with E-state index in [1.54, 1.807) is 0 Å². The van der Waals surface area contributed by atoms with Crippen molar-refractivity contribution in [3.05, 3.63) is 259 Å². The third-order valence-electron chi connectivity index (χ3n) is 12.7. The van der Waals surface area contributed by atoms with Gasteiger partial charge in [-0.25, -0.2) is 0 Å². The summed E-state index contributed by atoms with van der Waals surface area (Å²) in [6, 6.07) is 87.5. The van der Waals surface area contributed by atoms with Gasteiger partial charge in [-0.3, -0.25) is 0 Å². The van der Waals surface area contributed by atoms with Crippen LogP contribution in [-0.2, 0) is 5.41 Å². The zero-order valence-corrected chi connectivity index (χ0v) is 34.2. The van der Waals surface area contributed by atoms with Crippen LogP contribution in [0.25, 0.3) is 64.3 Å². The first kappa shape index (κ1) is 35.4. The molecular weight excluding hydrogens is 755 g/mol. The van der Waals surface area contributed by atoms with Crippen molar-refractivity contribution >= 4 is 59.3 Å². The van der Waals surface area contributed by atoms with Crippen molar-refractivity contribution in [1.29, 1.82) is 0 Å². The molecule has 286 valence electrons. The van der Waals surface area contributed by atoms with Gasteiger partial charge in [0.2, 0.25) is 0 Å². The Kier molecular flexibility index (Phi) is 8.33. The molecule has 61 heavy (non-hydrogen) atoms. The van der Waals surface area contributed by atoms with Crippen LogP contribution in [0.3, 0.4) is 0 Å². The van der Waals surface area contributed by atoms with Gasteiger partial charge < -0.3 is 4.90 Å². The number of anilines is 3. The van der Waals surface area contributed by atoms with Crippen molar-refractivity contribution in [1.82, 2.24) is 0 Å². The van der Waals surface area contributed by atoms with Crippen molar-refractivity contribution < 1.29 is 0 Å². The third kappa shape index (κ3) is 5.68. The maximum atomic E-state index is 2.49. The molecule has 0 aliphatic heterocycles. The molecule has 0 amide bonds. The summed E-state index contributed by atoms with van der Waals surface area (Å²) in [7, 11) is 0. The van der Waals surface area contributed by atoms with Crippen LogP contribution < -0.4 is 4.90 Å². The second kappa shape index (κ2) is 14.3. The Morgan fingerprint density at radius 3 is 1.79 bits per heavy atom. The number of rotatable bonds is 7. The standard InChI is InChI=1S/C59H39NS/c1-3-19-45(20-4-1)59(46-21-5-2-6-22-46)54-27-12-9-25-50(54)51-35-33-48(39-55(51)59)60(47-23-15-18-42(37-47)43-31-30-40-16-7-8-17-41(40)36-43)56-28-13-10-24-49(56)44-32-34-53-52-26-11-14-29-57(52)61-58(53)38-44/h1-39H. The van der Waals surface area contributed by atoms with Crippen LogP contribution in [0.5, 0.6) is 0 Å². The topological polar surface area (TPSA) is 3.24 Å². The largest absolute Gasteiger partial charge is 0.310 e. The van der Waals surface area contributed by atoms with Crippen LogP contribution in [0.1, 0.15) is 22.3 Å². The molecule has 11 aromatic rings. The summed E-state index contributed by atoms with van der Waals surface area (Å²) in [6.45, 7) is 0. The summed E-state index contributed by atoms with van der Waals surface area (Å²) < 4.78 is 2.61. The van der Waals surface area contributed by atoms with E-state index in [4.69, 9.17) is 0 Å². The lowest BCUT2D eigenvalue weighted by atomic mass is 9.67. The molecule has 0 bridgehead atoms. The molecule has 0 radical (unpaired) electrons. The van der Waals surface area contributed by atoms with Crippen LogP contribution in [0.2, 0.25) is 0 Å². The van der Waals surface area contributed by atoms with Crippen molar-refractivity contribution in [2.75, 3.05) is 4.90 Å². The van der Waals surface area contributed by atoms with Crippen molar-refractivity contribution in [2.24, 2.45) is 0 Å². The average molecular weight is 794 g/mol. The predicted molar refractivity (Wildman–Crippen MR) is 260 cm³/mol. The molecule has 1 heterocycles. The highest BCUT2D eigenvalue weighted by Crippen LogP contribution is 2.57. The van der Waals surface area contributed by atoms with Gasteiger partial charge in [0.1, 0.15) is 0 Å². The quantitative estimate of drug-likeness (QED) is 0.155. The molecule has 0 atom stereocenters. The molecule has 10 aromatic carbocycles. The summed E-state index contributed by atoms with van der Waals surface area (Å²) in [5.74, 6) is 0. The zero-order chi connectivity index (χ0) is 40.3. The van der Waals surface area contributed by atoms with Gasteiger partial charge in [-0.15, -0.1) is 11.3 Å². The first-order valence-corrected chi connectivity index (χ1v) is 21.8. The molecule has 1 aromatic heterocycles. The number of nitrogens with zero attached hydrogens (tertiary/aromatic N) is 1. The summed E-state index contributed by atoms with van der Waals surface area (Å²) in [6.07, 6.45) is 0. The lowest BCUT2D eigenvalue weighted by molar-refractivity contribution is 0.768. The van der Waals surface area contributed by atoms with E-state index < -0.39 is 5.41 Å². The van der Waals surface area contributed by atoms with Crippen molar-refractivity contribution in [3.63, 3.8) is 0 Å². The summed E-state index contributed by atoms with van der Waals surface area (Å²) in [5.41, 5.74) is 15.2. The van der Waals surface area contributed by atoms with E-state index in [0.717, 1.165) is 17.1 Å². The van der Waals surface area contributed by atoms with Crippen molar-refractivity contribution in [3.8, 4) is 33.4 Å². The lowest BCUT2D eigenvalue weighted by Gasteiger charge is -2.35. The Morgan fingerprint density at radius 2 is 0.951 bits per heavy atom. The fourth-order valence-electron chi connectivity index (χ4n) is 10.00. The van der Waals surface area contributed by atoms with Gasteiger partial charge in [0.15, 0.2) is 0 Å². The Balaban J connectivity index is 1.11. The molecule has 0 N–H and O–H groups in total. The van der Waals surface area contributed by atoms with Gasteiger partial charge in [0.25, 0.3) is 0 Å². The second-order valence-electron chi connectivity index (χ2n) is 16.0. The minimum Gasteiger partial charge on any atom is -0.310 e. The second-order valence-corrected chi connectivity index (χ2v) is 17.1. The molecule has 1 aliphatic carbocycles. The first-order chi connectivity index (χ1) is 30.2. The molecule has 0 spiro atoms. The van der Waals surface area contributed by atoms with Gasteiger partial charge in [0, 0.05) is 37.1 Å². The monoisotopic (exact) mass is 793 g/mol. The number of thiophene rings is 1. The minimum atomic E-state index is -0.519. The number of para-hydroxylation sites is 1. The first-order valence-electron chi connectivity index (χ1n) is 21.0. The number of benzene rings is 10. The van der Waals surface area contributed by atoms with Crippen LogP contribution in [0.4, 0.5) is 17.1 Å². The van der Waals surface area contributed by atoms with E-state index in [2.05, 4.69) is 241 Å². The number of fused-ring (bicyclic) bond motifs is 7. The molecular formula is C59H39NS. The van der Waals surface area contributed by atoms with Gasteiger partial charge in [-0.1, -0.05) is 188 Å². The van der Waals surface area contributed by atoms with Crippen LogP contribution in [0, 0.1) is 0 Å². The van der Waals surface area contributed by atoms with Crippen LogP contribution in [0.15, 0.2) is 237 Å². The highest BCUT2D eigenvalue weighted by Gasteiger charge is 2.46. The molecule has 0 fully saturated rings. The lowest BCUT2D eigenvalue weighted by Crippen LogP contribution is -2.28. The van der Waals surface area contributed by atoms with Gasteiger partial charge >= 0.3 is 0 Å². The van der Waals surface area contributed by atoms with Crippen LogP contribution in [-0.4, -0.2) is 0 Å². The van der Waals surface area contributed by atoms with E-state index >= 15 is 0 Å². The SMILES string of the molecule is c1ccc(C2(c3ccccc3)c3ccccc3-c3ccc(N(c4cccc(-c5ccc6ccccc6c5)c4)c4ccccc4-c4ccc5c(c4)sc4ccccc45)cc32)cc1. The third-order valence-corrected chi connectivity index (χ3v) is 13.9. The predicted octanol–water partition coefficient (Wildman–Crippen LogP) is 16.4. The molecule has 12 rings (SSSR count). The fraction of sp³-hybridized carbons (Fsp3) is 0.0169. The zero-order valence-electron chi connectivity index (χ0n) is 33.4. The van der Waals surface area contributed by atoms with E-state index in [-0.39, 0.29) is 0 Å². The van der Waals surface area contributed by atoms with Gasteiger partial charge in [-0.2, -0.15) is 0 Å². The molecule has 0 saturated heterocycles. The Labute approximate surface area is 360 Å². The molecule has 1 nitrogen and oxygen atoms in total. The summed E-state index contributed by atoms with van der Waals surface area (Å²) >= 11 is 1.87. The van der Waals surface area contributed by atoms with Gasteiger partial charge in [-0.05, 0) is 109 Å². The van der Waals surface area contributed by atoms with Crippen LogP contribution >= 0.6 is 11.3 Å². The number of hydrogen-bond donors (Lipinski definition) is 0. The molecule has 0 unspecified atom stereocenters. The smallest absolute Gasteiger partial charge is 0.0714 e. The highest BCUT2D eigenvalue weighted by molar-refractivity contribution is 7.25. The minimum absolute atomic E-state index is 0.519. The highest BCUT2D eigenvalue weighted by atomic mass is 32.1. The normalized spacial score (nSPS) is 12.7. The molecule has 1 aliphatic rings. The summed E-state index contributed by atoms with van der Waals surface area (Å²) in [4.78, 5) is 2.49. The Bertz CT molecular complexity index is 3400. The van der Waals surface area contributed by atoms with E-state index in [1.807, 2.05) is 11.3 Å². The van der Waals surface area contributed by atoms with E-state index in [1.165, 1.54) is 86.6 Å². The Hall–Kier alpha value is -7.52. The average Bonchev–Trinajstić information content (AvgIpc) is 3.85. The van der Waals surface area contributed by atoms with Gasteiger partial charge in [0.05, 0.1) is 11.1 Å². The maximum Gasteiger partial charge on any atom is 0.0714 e. The summed E-state index contributed by atoms with van der Waals surface area (Å²) in [5, 5.41) is 5.10. The van der Waals surface area contributed by atoms with Crippen molar-refractivity contribution in [2.45, 2.75) is 5.41 Å². The van der Waals surface area contributed by atoms with E-state index in [0.29, 0.717) is 0 Å². The molecule has 0 saturated carbocycles.